The molecule has 1 amide bonds. The summed E-state index contributed by atoms with van der Waals surface area (Å²) in [6.07, 6.45) is 7.62. The monoisotopic (exact) mass is 262 g/mol. The smallest absolute Gasteiger partial charge is 0.273 e. The number of carbonyl (C=O) groups excluding carboxylic acids is 1. The summed E-state index contributed by atoms with van der Waals surface area (Å²) < 4.78 is 0. The molecule has 104 valence electrons. The number of nitrogens with zero attached hydrogens (tertiary/aromatic N) is 3. The minimum atomic E-state index is -0.117. The van der Waals surface area contributed by atoms with E-state index in [4.69, 9.17) is 0 Å². The van der Waals surface area contributed by atoms with Gasteiger partial charge in [-0.3, -0.25) is 4.79 Å². The van der Waals surface area contributed by atoms with Crippen LogP contribution in [0.5, 0.6) is 0 Å². The van der Waals surface area contributed by atoms with Crippen LogP contribution in [-0.4, -0.2) is 41.1 Å². The summed E-state index contributed by atoms with van der Waals surface area (Å²) in [5.74, 6) is 0.649. The highest BCUT2D eigenvalue weighted by Gasteiger charge is 2.14. The van der Waals surface area contributed by atoms with Gasteiger partial charge in [0.2, 0.25) is 0 Å². The Morgan fingerprint density at radius 1 is 1.16 bits per heavy atom. The van der Waals surface area contributed by atoms with E-state index in [9.17, 15) is 4.79 Å². The van der Waals surface area contributed by atoms with Gasteiger partial charge < -0.3 is 10.2 Å². The molecule has 0 radical (unpaired) electrons. The lowest BCUT2D eigenvalue weighted by atomic mass is 10.1. The Labute approximate surface area is 114 Å². The fourth-order valence-electron chi connectivity index (χ4n) is 2.39. The normalized spacial score (nSPS) is 16.7. The summed E-state index contributed by atoms with van der Waals surface area (Å²) in [6.45, 7) is 0. The van der Waals surface area contributed by atoms with Crippen LogP contribution in [0.4, 0.5) is 5.82 Å². The first-order valence-electron chi connectivity index (χ1n) is 6.99. The molecule has 0 spiro atoms. The fourth-order valence-corrected chi connectivity index (χ4v) is 2.39. The van der Waals surface area contributed by atoms with Gasteiger partial charge in [-0.15, -0.1) is 10.2 Å². The summed E-state index contributed by atoms with van der Waals surface area (Å²) in [6, 6.07) is 4.07. The van der Waals surface area contributed by atoms with E-state index in [2.05, 4.69) is 15.5 Å². The zero-order valence-electron chi connectivity index (χ0n) is 11.7. The van der Waals surface area contributed by atoms with E-state index < -0.39 is 0 Å². The number of aromatic nitrogens is 2. The maximum atomic E-state index is 11.7. The standard InChI is InChI=1S/C14H22N4O/c1-18(2)14(19)12-9-10-13(17-16-12)15-11-7-5-3-4-6-8-11/h9-11H,3-8H2,1-2H3,(H,15,17). The zero-order chi connectivity index (χ0) is 13.7. The van der Waals surface area contributed by atoms with Gasteiger partial charge in [-0.05, 0) is 25.0 Å². The first kappa shape index (κ1) is 13.8. The summed E-state index contributed by atoms with van der Waals surface area (Å²) in [4.78, 5) is 13.2. The average Bonchev–Trinajstić information content (AvgIpc) is 2.67. The van der Waals surface area contributed by atoms with E-state index in [1.165, 1.54) is 43.4 Å². The van der Waals surface area contributed by atoms with Crippen LogP contribution >= 0.6 is 0 Å². The summed E-state index contributed by atoms with van der Waals surface area (Å²) in [5, 5.41) is 11.5. The van der Waals surface area contributed by atoms with E-state index in [-0.39, 0.29) is 5.91 Å². The molecule has 0 bridgehead atoms. The third-order valence-electron chi connectivity index (χ3n) is 3.50. The van der Waals surface area contributed by atoms with E-state index in [1.807, 2.05) is 6.07 Å². The van der Waals surface area contributed by atoms with Crippen molar-refractivity contribution in [2.45, 2.75) is 44.6 Å². The van der Waals surface area contributed by atoms with Gasteiger partial charge in [-0.2, -0.15) is 0 Å². The molecular weight excluding hydrogens is 240 g/mol. The van der Waals surface area contributed by atoms with Crippen molar-refractivity contribution in [3.8, 4) is 0 Å². The van der Waals surface area contributed by atoms with Gasteiger partial charge in [-0.1, -0.05) is 25.7 Å². The molecule has 5 nitrogen and oxygen atoms in total. The van der Waals surface area contributed by atoms with Crippen molar-refractivity contribution >= 4 is 11.7 Å². The third kappa shape index (κ3) is 3.91. The van der Waals surface area contributed by atoms with Crippen molar-refractivity contribution in [1.82, 2.24) is 15.1 Å². The topological polar surface area (TPSA) is 58.1 Å². The Bertz CT molecular complexity index is 408. The predicted octanol–water partition coefficient (Wildman–Crippen LogP) is 2.31. The molecule has 5 heteroatoms. The van der Waals surface area contributed by atoms with Crippen LogP contribution in [0.1, 0.15) is 49.0 Å². The Hall–Kier alpha value is -1.65. The number of hydrogen-bond acceptors (Lipinski definition) is 4. The molecule has 0 aliphatic heterocycles. The largest absolute Gasteiger partial charge is 0.366 e. The highest BCUT2D eigenvalue weighted by molar-refractivity contribution is 5.91. The van der Waals surface area contributed by atoms with Crippen LogP contribution in [0.2, 0.25) is 0 Å². The molecule has 19 heavy (non-hydrogen) atoms. The molecule has 1 aliphatic carbocycles. The van der Waals surface area contributed by atoms with Crippen molar-refractivity contribution in [3.05, 3.63) is 17.8 Å². The minimum Gasteiger partial charge on any atom is -0.366 e. The predicted molar refractivity (Wildman–Crippen MR) is 75.2 cm³/mol. The number of carbonyl (C=O) groups is 1. The van der Waals surface area contributed by atoms with Gasteiger partial charge in [0.1, 0.15) is 5.82 Å². The van der Waals surface area contributed by atoms with E-state index in [0.717, 1.165) is 5.82 Å². The molecule has 1 aliphatic rings. The first-order chi connectivity index (χ1) is 9.16. The second kappa shape index (κ2) is 6.50. The molecule has 1 saturated carbocycles. The Balaban J connectivity index is 1.96. The highest BCUT2D eigenvalue weighted by atomic mass is 16.2. The number of rotatable bonds is 3. The van der Waals surface area contributed by atoms with Crippen molar-refractivity contribution in [2.24, 2.45) is 0 Å². The molecule has 0 saturated heterocycles. The second-order valence-electron chi connectivity index (χ2n) is 5.34. The minimum absolute atomic E-state index is 0.117. The summed E-state index contributed by atoms with van der Waals surface area (Å²) >= 11 is 0. The zero-order valence-corrected chi connectivity index (χ0v) is 11.7. The van der Waals surface area contributed by atoms with Crippen LogP contribution in [0.15, 0.2) is 12.1 Å². The average molecular weight is 262 g/mol. The lowest BCUT2D eigenvalue weighted by molar-refractivity contribution is 0.0821. The number of hydrogen-bond donors (Lipinski definition) is 1. The maximum Gasteiger partial charge on any atom is 0.273 e. The van der Waals surface area contributed by atoms with Gasteiger partial charge >= 0.3 is 0 Å². The SMILES string of the molecule is CN(C)C(=O)c1ccc(NC2CCCCCC2)nn1. The lowest BCUT2D eigenvalue weighted by Crippen LogP contribution is -2.24. The molecule has 1 aromatic rings. The molecule has 1 heterocycles. The third-order valence-corrected chi connectivity index (χ3v) is 3.50. The second-order valence-corrected chi connectivity index (χ2v) is 5.34. The number of amides is 1. The molecular formula is C14H22N4O. The van der Waals surface area contributed by atoms with Crippen molar-refractivity contribution in [3.63, 3.8) is 0 Å². The van der Waals surface area contributed by atoms with Crippen molar-refractivity contribution in [2.75, 3.05) is 19.4 Å². The van der Waals surface area contributed by atoms with Crippen LogP contribution < -0.4 is 5.32 Å². The summed E-state index contributed by atoms with van der Waals surface area (Å²) in [5.41, 5.74) is 0.386. The molecule has 1 N–H and O–H groups in total. The Morgan fingerprint density at radius 3 is 2.37 bits per heavy atom. The molecule has 0 atom stereocenters. The molecule has 0 unspecified atom stereocenters. The van der Waals surface area contributed by atoms with Gasteiger partial charge in [0.05, 0.1) is 0 Å². The number of nitrogens with one attached hydrogen (secondary N) is 1. The highest BCUT2D eigenvalue weighted by Crippen LogP contribution is 2.20. The van der Waals surface area contributed by atoms with Crippen molar-refractivity contribution in [1.29, 1.82) is 0 Å². The Kier molecular flexibility index (Phi) is 4.71. The lowest BCUT2D eigenvalue weighted by Gasteiger charge is -2.16. The van der Waals surface area contributed by atoms with E-state index in [1.54, 1.807) is 20.2 Å². The maximum absolute atomic E-state index is 11.7. The van der Waals surface area contributed by atoms with Gasteiger partial charge in [0.25, 0.3) is 5.91 Å². The van der Waals surface area contributed by atoms with Gasteiger partial charge in [0, 0.05) is 20.1 Å². The van der Waals surface area contributed by atoms with E-state index in [0.29, 0.717) is 11.7 Å². The van der Waals surface area contributed by atoms with E-state index >= 15 is 0 Å². The first-order valence-corrected chi connectivity index (χ1v) is 6.99. The van der Waals surface area contributed by atoms with Crippen LogP contribution in [0, 0.1) is 0 Å². The van der Waals surface area contributed by atoms with Crippen LogP contribution in [-0.2, 0) is 0 Å². The number of anilines is 1. The van der Waals surface area contributed by atoms with Gasteiger partial charge in [-0.25, -0.2) is 0 Å². The quantitative estimate of drug-likeness (QED) is 0.849. The summed E-state index contributed by atoms with van der Waals surface area (Å²) in [7, 11) is 3.42. The van der Waals surface area contributed by atoms with Gasteiger partial charge in [0.15, 0.2) is 5.69 Å². The Morgan fingerprint density at radius 2 is 1.84 bits per heavy atom. The fraction of sp³-hybridized carbons (Fsp3) is 0.643. The molecule has 1 aromatic heterocycles. The molecule has 0 aromatic carbocycles. The molecule has 2 rings (SSSR count). The molecule has 1 fully saturated rings. The van der Waals surface area contributed by atoms with Crippen LogP contribution in [0.25, 0.3) is 0 Å². The van der Waals surface area contributed by atoms with Crippen LogP contribution in [0.3, 0.4) is 0 Å². The van der Waals surface area contributed by atoms with Crippen molar-refractivity contribution < 1.29 is 4.79 Å².